The number of rotatable bonds is 9. The molecule has 2 aromatic carbocycles. The first-order valence-corrected chi connectivity index (χ1v) is 8.31. The van der Waals surface area contributed by atoms with Gasteiger partial charge in [0.2, 0.25) is 5.91 Å². The summed E-state index contributed by atoms with van der Waals surface area (Å²) in [6, 6.07) is 18.2. The molecule has 2 aromatic rings. The maximum Gasteiger partial charge on any atom is 0.220 e. The highest BCUT2D eigenvalue weighted by atomic mass is 16.5. The number of benzene rings is 2. The lowest BCUT2D eigenvalue weighted by atomic mass is 10.1. The van der Waals surface area contributed by atoms with E-state index in [0.29, 0.717) is 19.6 Å². The third kappa shape index (κ3) is 6.15. The van der Waals surface area contributed by atoms with Crippen molar-refractivity contribution in [2.24, 2.45) is 0 Å². The summed E-state index contributed by atoms with van der Waals surface area (Å²) in [5.41, 5.74) is 2.40. The van der Waals surface area contributed by atoms with Crippen molar-refractivity contribution in [2.75, 3.05) is 13.2 Å². The fraction of sp³-hybridized carbons (Fsp3) is 0.350. The van der Waals surface area contributed by atoms with E-state index < -0.39 is 0 Å². The first kappa shape index (κ1) is 17.1. The largest absolute Gasteiger partial charge is 0.494 e. The zero-order chi connectivity index (χ0) is 16.3. The van der Waals surface area contributed by atoms with Gasteiger partial charge in [0.25, 0.3) is 0 Å². The molecule has 1 N–H and O–H groups in total. The van der Waals surface area contributed by atoms with Gasteiger partial charge in [0.15, 0.2) is 0 Å². The highest BCUT2D eigenvalue weighted by molar-refractivity contribution is 5.76. The molecule has 3 nitrogen and oxygen atoms in total. The molecule has 0 fully saturated rings. The van der Waals surface area contributed by atoms with Gasteiger partial charge in [-0.25, -0.2) is 0 Å². The Balaban J connectivity index is 1.66. The normalized spacial score (nSPS) is 10.3. The summed E-state index contributed by atoms with van der Waals surface area (Å²) in [6.07, 6.45) is 3.16. The van der Waals surface area contributed by atoms with Gasteiger partial charge in [0, 0.05) is 13.0 Å². The lowest BCUT2D eigenvalue weighted by Crippen LogP contribution is -2.25. The Morgan fingerprint density at radius 3 is 2.52 bits per heavy atom. The fourth-order valence-electron chi connectivity index (χ4n) is 2.50. The summed E-state index contributed by atoms with van der Waals surface area (Å²) in [4.78, 5) is 11.9. The van der Waals surface area contributed by atoms with Crippen LogP contribution in [0.3, 0.4) is 0 Å². The van der Waals surface area contributed by atoms with Gasteiger partial charge >= 0.3 is 0 Å². The van der Waals surface area contributed by atoms with Crippen molar-refractivity contribution >= 4 is 5.91 Å². The molecule has 23 heavy (non-hydrogen) atoms. The number of ether oxygens (including phenoxy) is 1. The molecule has 0 aliphatic carbocycles. The van der Waals surface area contributed by atoms with E-state index in [1.54, 1.807) is 0 Å². The SMILES string of the molecule is CCOc1ccccc1CCCNC(=O)CCc1ccccc1. The fourth-order valence-corrected chi connectivity index (χ4v) is 2.50. The second-order valence-electron chi connectivity index (χ2n) is 5.48. The molecule has 0 bridgehead atoms. The third-order valence-electron chi connectivity index (χ3n) is 3.70. The summed E-state index contributed by atoms with van der Waals surface area (Å²) in [5.74, 6) is 1.07. The van der Waals surface area contributed by atoms with Gasteiger partial charge in [-0.3, -0.25) is 4.79 Å². The Hall–Kier alpha value is -2.29. The summed E-state index contributed by atoms with van der Waals surface area (Å²) < 4.78 is 5.62. The van der Waals surface area contributed by atoms with E-state index in [4.69, 9.17) is 4.74 Å². The van der Waals surface area contributed by atoms with Crippen molar-refractivity contribution in [3.05, 3.63) is 65.7 Å². The van der Waals surface area contributed by atoms with E-state index in [9.17, 15) is 4.79 Å². The van der Waals surface area contributed by atoms with Gasteiger partial charge in [-0.05, 0) is 43.4 Å². The number of carbonyl (C=O) groups is 1. The van der Waals surface area contributed by atoms with Crippen LogP contribution in [0.1, 0.15) is 30.9 Å². The molecule has 3 heteroatoms. The maximum atomic E-state index is 11.9. The molecule has 0 spiro atoms. The van der Waals surface area contributed by atoms with Crippen LogP contribution in [-0.2, 0) is 17.6 Å². The molecule has 0 saturated heterocycles. The van der Waals surface area contributed by atoms with Crippen molar-refractivity contribution in [1.29, 1.82) is 0 Å². The number of aryl methyl sites for hydroxylation is 2. The summed E-state index contributed by atoms with van der Waals surface area (Å²) in [5, 5.41) is 2.99. The maximum absolute atomic E-state index is 11.9. The molecule has 0 atom stereocenters. The number of para-hydroxylation sites is 1. The lowest BCUT2D eigenvalue weighted by Gasteiger charge is -2.10. The Morgan fingerprint density at radius 1 is 1.00 bits per heavy atom. The summed E-state index contributed by atoms with van der Waals surface area (Å²) in [6.45, 7) is 3.37. The molecule has 122 valence electrons. The average Bonchev–Trinajstić information content (AvgIpc) is 2.59. The van der Waals surface area contributed by atoms with E-state index in [0.717, 1.165) is 25.0 Å². The Morgan fingerprint density at radius 2 is 1.74 bits per heavy atom. The summed E-state index contributed by atoms with van der Waals surface area (Å²) >= 11 is 0. The molecule has 0 unspecified atom stereocenters. The number of hydrogen-bond acceptors (Lipinski definition) is 2. The highest BCUT2D eigenvalue weighted by Gasteiger charge is 2.04. The summed E-state index contributed by atoms with van der Waals surface area (Å²) in [7, 11) is 0. The topological polar surface area (TPSA) is 38.3 Å². The average molecular weight is 311 g/mol. The van der Waals surface area contributed by atoms with E-state index in [1.165, 1.54) is 11.1 Å². The van der Waals surface area contributed by atoms with Crippen molar-refractivity contribution in [1.82, 2.24) is 5.32 Å². The number of hydrogen-bond donors (Lipinski definition) is 1. The van der Waals surface area contributed by atoms with Crippen LogP contribution in [-0.4, -0.2) is 19.1 Å². The van der Waals surface area contributed by atoms with Gasteiger partial charge < -0.3 is 10.1 Å². The van der Waals surface area contributed by atoms with E-state index >= 15 is 0 Å². The third-order valence-corrected chi connectivity index (χ3v) is 3.70. The second kappa shape index (κ2) is 9.67. The van der Waals surface area contributed by atoms with Gasteiger partial charge in [-0.15, -0.1) is 0 Å². The van der Waals surface area contributed by atoms with Crippen LogP contribution in [0.4, 0.5) is 0 Å². The molecule has 0 heterocycles. The zero-order valence-electron chi connectivity index (χ0n) is 13.8. The van der Waals surface area contributed by atoms with E-state index in [2.05, 4.69) is 23.5 Å². The van der Waals surface area contributed by atoms with Crippen LogP contribution in [0.25, 0.3) is 0 Å². The molecule has 0 aromatic heterocycles. The molecule has 1 amide bonds. The number of carbonyl (C=O) groups excluding carboxylic acids is 1. The van der Waals surface area contributed by atoms with Crippen LogP contribution in [0.2, 0.25) is 0 Å². The van der Waals surface area contributed by atoms with Crippen LogP contribution in [0, 0.1) is 0 Å². The molecule has 0 aliphatic rings. The minimum Gasteiger partial charge on any atom is -0.494 e. The Kier molecular flexibility index (Phi) is 7.18. The quantitative estimate of drug-likeness (QED) is 0.716. The Bertz CT molecular complexity index is 596. The van der Waals surface area contributed by atoms with Crippen LogP contribution in [0.5, 0.6) is 5.75 Å². The monoisotopic (exact) mass is 311 g/mol. The molecule has 0 radical (unpaired) electrons. The van der Waals surface area contributed by atoms with Gasteiger partial charge in [-0.1, -0.05) is 48.5 Å². The number of amides is 1. The van der Waals surface area contributed by atoms with Crippen molar-refractivity contribution in [3.63, 3.8) is 0 Å². The van der Waals surface area contributed by atoms with Gasteiger partial charge in [0.1, 0.15) is 5.75 Å². The van der Waals surface area contributed by atoms with Crippen LogP contribution in [0.15, 0.2) is 54.6 Å². The van der Waals surface area contributed by atoms with Crippen molar-refractivity contribution < 1.29 is 9.53 Å². The molecule has 0 saturated carbocycles. The molecule has 0 aliphatic heterocycles. The first-order valence-electron chi connectivity index (χ1n) is 8.31. The molecular formula is C20H25NO2. The van der Waals surface area contributed by atoms with Gasteiger partial charge in [-0.2, -0.15) is 0 Å². The second-order valence-corrected chi connectivity index (χ2v) is 5.48. The van der Waals surface area contributed by atoms with Crippen molar-refractivity contribution in [3.8, 4) is 5.75 Å². The van der Waals surface area contributed by atoms with Crippen LogP contribution >= 0.6 is 0 Å². The zero-order valence-corrected chi connectivity index (χ0v) is 13.8. The molecular weight excluding hydrogens is 286 g/mol. The van der Waals surface area contributed by atoms with Gasteiger partial charge in [0.05, 0.1) is 6.61 Å². The predicted molar refractivity (Wildman–Crippen MR) is 93.7 cm³/mol. The van der Waals surface area contributed by atoms with E-state index in [1.807, 2.05) is 43.3 Å². The van der Waals surface area contributed by atoms with Crippen LogP contribution < -0.4 is 10.1 Å². The predicted octanol–water partition coefficient (Wildman–Crippen LogP) is 3.77. The lowest BCUT2D eigenvalue weighted by molar-refractivity contribution is -0.121. The Labute approximate surface area is 138 Å². The highest BCUT2D eigenvalue weighted by Crippen LogP contribution is 2.19. The minimum absolute atomic E-state index is 0.118. The standard InChI is InChI=1S/C20H25NO2/c1-2-23-19-13-7-6-11-18(19)12-8-16-21-20(22)15-14-17-9-4-3-5-10-17/h3-7,9-11,13H,2,8,12,14-16H2,1H3,(H,21,22). The molecule has 2 rings (SSSR count). The van der Waals surface area contributed by atoms with Crippen molar-refractivity contribution in [2.45, 2.75) is 32.6 Å². The first-order chi connectivity index (χ1) is 11.3. The minimum atomic E-state index is 0.118. The number of nitrogens with one attached hydrogen (secondary N) is 1. The van der Waals surface area contributed by atoms with E-state index in [-0.39, 0.29) is 5.91 Å². The smallest absolute Gasteiger partial charge is 0.220 e.